The quantitative estimate of drug-likeness (QED) is 0.275. The van der Waals surface area contributed by atoms with Crippen molar-refractivity contribution in [2.75, 3.05) is 26.2 Å². The highest BCUT2D eigenvalue weighted by atomic mass is 19.1. The lowest BCUT2D eigenvalue weighted by Gasteiger charge is -2.15. The third kappa shape index (κ3) is 4.61. The van der Waals surface area contributed by atoms with Gasteiger partial charge in [0.15, 0.2) is 5.65 Å². The summed E-state index contributed by atoms with van der Waals surface area (Å²) < 4.78 is 19.5. The average Bonchev–Trinajstić information content (AvgIpc) is 3.73. The van der Waals surface area contributed by atoms with E-state index in [9.17, 15) is 4.39 Å². The Labute approximate surface area is 223 Å². The van der Waals surface area contributed by atoms with Crippen LogP contribution in [-0.2, 0) is 0 Å². The van der Waals surface area contributed by atoms with Crippen LogP contribution in [0.2, 0.25) is 0 Å². The summed E-state index contributed by atoms with van der Waals surface area (Å²) in [6, 6.07) is 14.4. The Morgan fingerprint density at radius 3 is 2.56 bits per heavy atom. The smallest absolute Gasteiger partial charge is 0.155 e. The normalized spacial score (nSPS) is 14.0. The van der Waals surface area contributed by atoms with Gasteiger partial charge < -0.3 is 9.72 Å². The number of hydrogen-bond donors (Lipinski definition) is 2. The molecule has 1 fully saturated rings. The Hall–Kier alpha value is -4.63. The first-order valence-electron chi connectivity index (χ1n) is 13.1. The highest BCUT2D eigenvalue weighted by molar-refractivity contribution is 6.00. The highest BCUT2D eigenvalue weighted by Crippen LogP contribution is 2.34. The SMILES string of the molecule is Fc1ccc(-c2nccc3[nH]c(-c4n[nH]c5ncc(-c6cncc(OCCN7CCCC7)c6)cc45)cc23)cc1. The average molecular weight is 520 g/mol. The van der Waals surface area contributed by atoms with E-state index in [1.165, 1.54) is 25.0 Å². The van der Waals surface area contributed by atoms with E-state index in [0.29, 0.717) is 12.3 Å². The number of ether oxygens (including phenoxy) is 1. The van der Waals surface area contributed by atoms with Gasteiger partial charge in [-0.2, -0.15) is 5.10 Å². The molecular weight excluding hydrogens is 493 g/mol. The van der Waals surface area contributed by atoms with Crippen LogP contribution in [0.15, 0.2) is 73.3 Å². The van der Waals surface area contributed by atoms with Crippen molar-refractivity contribution in [2.24, 2.45) is 0 Å². The van der Waals surface area contributed by atoms with Gasteiger partial charge in [0, 0.05) is 58.1 Å². The number of hydrogen-bond acceptors (Lipinski definition) is 6. The van der Waals surface area contributed by atoms with Gasteiger partial charge in [0.2, 0.25) is 0 Å². The van der Waals surface area contributed by atoms with Crippen LogP contribution >= 0.6 is 0 Å². The van der Waals surface area contributed by atoms with E-state index in [4.69, 9.17) is 4.74 Å². The van der Waals surface area contributed by atoms with Crippen LogP contribution in [0.25, 0.3) is 55.7 Å². The van der Waals surface area contributed by atoms with Crippen LogP contribution < -0.4 is 4.74 Å². The molecule has 5 aromatic heterocycles. The van der Waals surface area contributed by atoms with E-state index < -0.39 is 0 Å². The van der Waals surface area contributed by atoms with E-state index in [1.54, 1.807) is 24.5 Å². The summed E-state index contributed by atoms with van der Waals surface area (Å²) in [4.78, 5) is 19.5. The van der Waals surface area contributed by atoms with E-state index >= 15 is 0 Å². The minimum Gasteiger partial charge on any atom is -0.491 e. The molecule has 0 aliphatic carbocycles. The van der Waals surface area contributed by atoms with E-state index in [1.807, 2.05) is 30.6 Å². The summed E-state index contributed by atoms with van der Waals surface area (Å²) in [6.07, 6.45) is 9.67. The minimum absolute atomic E-state index is 0.277. The second-order valence-corrected chi connectivity index (χ2v) is 9.81. The lowest BCUT2D eigenvalue weighted by molar-refractivity contribution is 0.237. The Kier molecular flexibility index (Phi) is 5.97. The molecule has 6 aromatic rings. The van der Waals surface area contributed by atoms with Crippen molar-refractivity contribution >= 4 is 21.9 Å². The standard InChI is InChI=1S/C30H26FN7O/c31-22-5-3-19(4-6-22)28-24-15-27(35-26(24)7-8-33-28)29-25-14-21(17-34-30(25)37-36-29)20-13-23(18-32-16-20)39-12-11-38-9-1-2-10-38/h3-8,13-18,35H,1-2,9-12H2,(H,34,36,37). The second-order valence-electron chi connectivity index (χ2n) is 9.81. The molecule has 7 rings (SSSR count). The molecule has 8 nitrogen and oxygen atoms in total. The lowest BCUT2D eigenvalue weighted by atomic mass is 10.1. The van der Waals surface area contributed by atoms with E-state index in [2.05, 4.69) is 41.1 Å². The predicted octanol–water partition coefficient (Wildman–Crippen LogP) is 5.84. The third-order valence-corrected chi connectivity index (χ3v) is 7.26. The maximum atomic E-state index is 13.5. The molecular formula is C30H26FN7O. The van der Waals surface area contributed by atoms with Crippen molar-refractivity contribution in [3.05, 3.63) is 79.1 Å². The maximum Gasteiger partial charge on any atom is 0.155 e. The van der Waals surface area contributed by atoms with Crippen LogP contribution in [-0.4, -0.2) is 61.3 Å². The monoisotopic (exact) mass is 519 g/mol. The van der Waals surface area contributed by atoms with Gasteiger partial charge in [0.1, 0.15) is 23.9 Å². The molecule has 2 N–H and O–H groups in total. The Bertz CT molecular complexity index is 1770. The topological polar surface area (TPSA) is 95.6 Å². The number of likely N-dealkylation sites (tertiary alicyclic amines) is 1. The summed E-state index contributed by atoms with van der Waals surface area (Å²) in [7, 11) is 0. The van der Waals surface area contributed by atoms with Gasteiger partial charge in [-0.05, 0) is 74.5 Å². The molecule has 1 aliphatic heterocycles. The van der Waals surface area contributed by atoms with Crippen LogP contribution in [0.5, 0.6) is 5.75 Å². The number of fused-ring (bicyclic) bond motifs is 2. The summed E-state index contributed by atoms with van der Waals surface area (Å²) in [5.74, 6) is 0.469. The molecule has 0 spiro atoms. The largest absolute Gasteiger partial charge is 0.491 e. The van der Waals surface area contributed by atoms with Crippen molar-refractivity contribution < 1.29 is 9.13 Å². The summed E-state index contributed by atoms with van der Waals surface area (Å²) in [5, 5.41) is 9.43. The third-order valence-electron chi connectivity index (χ3n) is 7.26. The molecule has 0 unspecified atom stereocenters. The molecule has 0 radical (unpaired) electrons. The summed E-state index contributed by atoms with van der Waals surface area (Å²) in [6.45, 7) is 3.88. The Balaban J connectivity index is 1.20. The molecule has 9 heteroatoms. The predicted molar refractivity (Wildman–Crippen MR) is 149 cm³/mol. The number of aromatic nitrogens is 6. The van der Waals surface area contributed by atoms with Crippen molar-refractivity contribution in [1.29, 1.82) is 0 Å². The van der Waals surface area contributed by atoms with Gasteiger partial charge in [-0.15, -0.1) is 0 Å². The second kappa shape index (κ2) is 9.92. The molecule has 6 heterocycles. The van der Waals surface area contributed by atoms with Gasteiger partial charge in [0.05, 0.1) is 17.6 Å². The maximum absolute atomic E-state index is 13.5. The molecule has 1 aromatic carbocycles. The van der Waals surface area contributed by atoms with Crippen LogP contribution in [0.4, 0.5) is 4.39 Å². The zero-order chi connectivity index (χ0) is 26.2. The van der Waals surface area contributed by atoms with E-state index in [-0.39, 0.29) is 5.82 Å². The number of pyridine rings is 3. The fourth-order valence-corrected chi connectivity index (χ4v) is 5.24. The number of H-pyrrole nitrogens is 2. The fraction of sp³-hybridized carbons (Fsp3) is 0.200. The van der Waals surface area contributed by atoms with Gasteiger partial charge in [0.25, 0.3) is 0 Å². The molecule has 1 aliphatic rings. The van der Waals surface area contributed by atoms with Gasteiger partial charge in [-0.25, -0.2) is 9.37 Å². The fourth-order valence-electron chi connectivity index (χ4n) is 5.24. The highest BCUT2D eigenvalue weighted by Gasteiger charge is 2.16. The van der Waals surface area contributed by atoms with Gasteiger partial charge >= 0.3 is 0 Å². The van der Waals surface area contributed by atoms with Crippen molar-refractivity contribution in [3.63, 3.8) is 0 Å². The number of nitrogens with one attached hydrogen (secondary N) is 2. The Morgan fingerprint density at radius 2 is 1.69 bits per heavy atom. The Morgan fingerprint density at radius 1 is 0.846 bits per heavy atom. The van der Waals surface area contributed by atoms with Crippen LogP contribution in [0.3, 0.4) is 0 Å². The molecule has 0 atom stereocenters. The van der Waals surface area contributed by atoms with Crippen molar-refractivity contribution in [2.45, 2.75) is 12.8 Å². The zero-order valence-corrected chi connectivity index (χ0v) is 21.2. The number of rotatable bonds is 7. The van der Waals surface area contributed by atoms with Gasteiger partial charge in [-0.3, -0.25) is 20.0 Å². The van der Waals surface area contributed by atoms with Crippen molar-refractivity contribution in [1.82, 2.24) is 35.0 Å². The summed E-state index contributed by atoms with van der Waals surface area (Å²) in [5.41, 5.74) is 6.68. The molecule has 0 bridgehead atoms. The van der Waals surface area contributed by atoms with E-state index in [0.717, 1.165) is 75.4 Å². The molecule has 1 saturated heterocycles. The van der Waals surface area contributed by atoms with Crippen LogP contribution in [0.1, 0.15) is 12.8 Å². The summed E-state index contributed by atoms with van der Waals surface area (Å²) >= 11 is 0. The minimum atomic E-state index is -0.277. The first-order valence-corrected chi connectivity index (χ1v) is 13.1. The zero-order valence-electron chi connectivity index (χ0n) is 21.2. The first-order chi connectivity index (χ1) is 19.2. The van der Waals surface area contributed by atoms with Crippen molar-refractivity contribution in [3.8, 4) is 39.5 Å². The van der Waals surface area contributed by atoms with Crippen LogP contribution in [0, 0.1) is 5.82 Å². The number of nitrogens with zero attached hydrogens (tertiary/aromatic N) is 5. The van der Waals surface area contributed by atoms with Gasteiger partial charge in [-0.1, -0.05) is 0 Å². The number of aromatic amines is 2. The number of benzene rings is 1. The molecule has 0 saturated carbocycles. The molecule has 194 valence electrons. The molecule has 39 heavy (non-hydrogen) atoms. The lowest BCUT2D eigenvalue weighted by Crippen LogP contribution is -2.25. The first kappa shape index (κ1) is 23.5. The molecule has 0 amide bonds. The number of halogens is 1.